The van der Waals surface area contributed by atoms with Crippen LogP contribution >= 0.6 is 0 Å². The first-order valence-corrected chi connectivity index (χ1v) is 5.13. The Morgan fingerprint density at radius 3 is 2.56 bits per heavy atom. The number of nitrogens with two attached hydrogens (primary N) is 1. The molecule has 16 heavy (non-hydrogen) atoms. The van der Waals surface area contributed by atoms with Gasteiger partial charge in [0.25, 0.3) is 0 Å². The van der Waals surface area contributed by atoms with Gasteiger partial charge in [-0.2, -0.15) is 5.10 Å². The third-order valence-corrected chi connectivity index (χ3v) is 2.37. The second kappa shape index (κ2) is 4.26. The lowest BCUT2D eigenvalue weighted by molar-refractivity contribution is 0.295. The molecule has 0 bridgehead atoms. The third-order valence-electron chi connectivity index (χ3n) is 2.37. The van der Waals surface area contributed by atoms with Crippen molar-refractivity contribution in [3.8, 4) is 5.75 Å². The van der Waals surface area contributed by atoms with E-state index in [-0.39, 0.29) is 0 Å². The average Bonchev–Trinajstić information content (AvgIpc) is 2.57. The highest BCUT2D eigenvalue weighted by Gasteiger charge is 2.02. The summed E-state index contributed by atoms with van der Waals surface area (Å²) < 4.78 is 7.45. The number of nitrogen functional groups attached to an aromatic ring is 1. The first-order valence-electron chi connectivity index (χ1n) is 5.13. The summed E-state index contributed by atoms with van der Waals surface area (Å²) in [5.74, 6) is 0.813. The summed E-state index contributed by atoms with van der Waals surface area (Å²) in [7, 11) is 1.91. The number of aryl methyl sites for hydroxylation is 2. The molecule has 2 aromatic rings. The monoisotopic (exact) mass is 217 g/mol. The highest BCUT2D eigenvalue weighted by Crippen LogP contribution is 2.15. The molecule has 1 aromatic heterocycles. The van der Waals surface area contributed by atoms with Crippen LogP contribution in [0.4, 0.5) is 5.69 Å². The van der Waals surface area contributed by atoms with E-state index in [0.717, 1.165) is 22.8 Å². The van der Waals surface area contributed by atoms with Gasteiger partial charge in [0.1, 0.15) is 12.4 Å². The van der Waals surface area contributed by atoms with Gasteiger partial charge in [-0.15, -0.1) is 0 Å². The maximum absolute atomic E-state index is 5.62. The summed E-state index contributed by atoms with van der Waals surface area (Å²) in [5.41, 5.74) is 8.38. The first-order chi connectivity index (χ1) is 7.65. The van der Waals surface area contributed by atoms with Crippen molar-refractivity contribution in [2.24, 2.45) is 7.05 Å². The predicted molar refractivity (Wildman–Crippen MR) is 63.1 cm³/mol. The molecule has 0 radical (unpaired) electrons. The number of hydrogen-bond acceptors (Lipinski definition) is 3. The maximum Gasteiger partial charge on any atom is 0.130 e. The molecule has 0 atom stereocenters. The number of nitrogens with zero attached hydrogens (tertiary/aromatic N) is 2. The van der Waals surface area contributed by atoms with Gasteiger partial charge in [-0.3, -0.25) is 4.68 Å². The summed E-state index contributed by atoms with van der Waals surface area (Å²) in [6, 6.07) is 9.38. The van der Waals surface area contributed by atoms with Crippen LogP contribution in [0.15, 0.2) is 30.3 Å². The number of rotatable bonds is 3. The molecule has 0 aliphatic rings. The van der Waals surface area contributed by atoms with Crippen LogP contribution in [0.2, 0.25) is 0 Å². The van der Waals surface area contributed by atoms with E-state index in [1.54, 1.807) is 0 Å². The Kier molecular flexibility index (Phi) is 2.81. The van der Waals surface area contributed by atoms with Gasteiger partial charge in [0.05, 0.1) is 11.4 Å². The van der Waals surface area contributed by atoms with Gasteiger partial charge in [0.2, 0.25) is 0 Å². The molecule has 0 aliphatic heterocycles. The van der Waals surface area contributed by atoms with E-state index in [2.05, 4.69) is 5.10 Å². The van der Waals surface area contributed by atoms with E-state index in [9.17, 15) is 0 Å². The van der Waals surface area contributed by atoms with Crippen molar-refractivity contribution >= 4 is 5.69 Å². The minimum absolute atomic E-state index is 0.515. The summed E-state index contributed by atoms with van der Waals surface area (Å²) >= 11 is 0. The van der Waals surface area contributed by atoms with Crippen LogP contribution in [0.25, 0.3) is 0 Å². The molecular formula is C12H15N3O. The minimum atomic E-state index is 0.515. The van der Waals surface area contributed by atoms with Gasteiger partial charge in [-0.05, 0) is 37.3 Å². The highest BCUT2D eigenvalue weighted by atomic mass is 16.5. The quantitative estimate of drug-likeness (QED) is 0.799. The number of aromatic nitrogens is 2. The van der Waals surface area contributed by atoms with Gasteiger partial charge in [-0.1, -0.05) is 0 Å². The van der Waals surface area contributed by atoms with Crippen molar-refractivity contribution in [3.63, 3.8) is 0 Å². The Morgan fingerprint density at radius 1 is 1.31 bits per heavy atom. The van der Waals surface area contributed by atoms with E-state index in [0.29, 0.717) is 6.61 Å². The topological polar surface area (TPSA) is 53.1 Å². The zero-order chi connectivity index (χ0) is 11.5. The van der Waals surface area contributed by atoms with Crippen molar-refractivity contribution in [2.75, 3.05) is 5.73 Å². The number of benzene rings is 1. The van der Waals surface area contributed by atoms with Gasteiger partial charge in [0, 0.05) is 12.7 Å². The fourth-order valence-electron chi connectivity index (χ4n) is 1.52. The molecule has 2 rings (SSSR count). The maximum atomic E-state index is 5.62. The summed E-state index contributed by atoms with van der Waals surface area (Å²) in [5, 5.41) is 4.25. The van der Waals surface area contributed by atoms with E-state index in [1.165, 1.54) is 0 Å². The van der Waals surface area contributed by atoms with Crippen LogP contribution < -0.4 is 10.5 Å². The minimum Gasteiger partial charge on any atom is -0.487 e. The molecule has 4 heteroatoms. The SMILES string of the molecule is Cc1cc(COc2ccc(N)cc2)n(C)n1. The van der Waals surface area contributed by atoms with Gasteiger partial charge in [-0.25, -0.2) is 0 Å². The smallest absolute Gasteiger partial charge is 0.130 e. The molecule has 0 amide bonds. The van der Waals surface area contributed by atoms with E-state index in [4.69, 9.17) is 10.5 Å². The number of ether oxygens (including phenoxy) is 1. The van der Waals surface area contributed by atoms with Crippen molar-refractivity contribution < 1.29 is 4.74 Å². The summed E-state index contributed by atoms with van der Waals surface area (Å²) in [6.45, 7) is 2.48. The van der Waals surface area contributed by atoms with E-state index in [1.807, 2.05) is 49.0 Å². The van der Waals surface area contributed by atoms with E-state index >= 15 is 0 Å². The Bertz CT molecular complexity index is 474. The second-order valence-electron chi connectivity index (χ2n) is 3.76. The van der Waals surface area contributed by atoms with Crippen LogP contribution in [-0.2, 0) is 13.7 Å². The average molecular weight is 217 g/mol. The van der Waals surface area contributed by atoms with Gasteiger partial charge >= 0.3 is 0 Å². The number of anilines is 1. The van der Waals surface area contributed by atoms with E-state index < -0.39 is 0 Å². The molecule has 0 fully saturated rings. The van der Waals surface area contributed by atoms with Crippen LogP contribution in [-0.4, -0.2) is 9.78 Å². The normalized spacial score (nSPS) is 10.4. The molecule has 0 aliphatic carbocycles. The Hall–Kier alpha value is -1.97. The molecular weight excluding hydrogens is 202 g/mol. The van der Waals surface area contributed by atoms with Gasteiger partial charge in [0.15, 0.2) is 0 Å². The zero-order valence-corrected chi connectivity index (χ0v) is 9.47. The fraction of sp³-hybridized carbons (Fsp3) is 0.250. The first kappa shape index (κ1) is 10.5. The standard InChI is InChI=1S/C12H15N3O/c1-9-7-11(15(2)14-9)8-16-12-5-3-10(13)4-6-12/h3-7H,8,13H2,1-2H3. The van der Waals surface area contributed by atoms with Crippen molar-refractivity contribution in [2.45, 2.75) is 13.5 Å². The highest BCUT2D eigenvalue weighted by molar-refractivity contribution is 5.41. The summed E-state index contributed by atoms with van der Waals surface area (Å²) in [4.78, 5) is 0. The largest absolute Gasteiger partial charge is 0.487 e. The third kappa shape index (κ3) is 2.34. The zero-order valence-electron chi connectivity index (χ0n) is 9.47. The Balaban J connectivity index is 2.02. The fourth-order valence-corrected chi connectivity index (χ4v) is 1.52. The Morgan fingerprint density at radius 2 is 2.00 bits per heavy atom. The van der Waals surface area contributed by atoms with Crippen LogP contribution in [0.3, 0.4) is 0 Å². The number of hydrogen-bond donors (Lipinski definition) is 1. The second-order valence-corrected chi connectivity index (χ2v) is 3.76. The van der Waals surface area contributed by atoms with Crippen molar-refractivity contribution in [1.29, 1.82) is 0 Å². The molecule has 0 spiro atoms. The van der Waals surface area contributed by atoms with Crippen LogP contribution in [0.5, 0.6) is 5.75 Å². The Labute approximate surface area is 94.6 Å². The van der Waals surface area contributed by atoms with Crippen LogP contribution in [0.1, 0.15) is 11.4 Å². The van der Waals surface area contributed by atoms with Crippen molar-refractivity contribution in [3.05, 3.63) is 41.7 Å². The molecule has 0 unspecified atom stereocenters. The summed E-state index contributed by atoms with van der Waals surface area (Å²) in [6.07, 6.45) is 0. The molecule has 1 aromatic carbocycles. The molecule has 4 nitrogen and oxygen atoms in total. The van der Waals surface area contributed by atoms with Crippen molar-refractivity contribution in [1.82, 2.24) is 9.78 Å². The molecule has 0 saturated carbocycles. The lowest BCUT2D eigenvalue weighted by atomic mass is 10.3. The van der Waals surface area contributed by atoms with Crippen LogP contribution in [0, 0.1) is 6.92 Å². The molecule has 2 N–H and O–H groups in total. The molecule has 84 valence electrons. The molecule has 0 saturated heterocycles. The lowest BCUT2D eigenvalue weighted by Crippen LogP contribution is -2.02. The predicted octanol–water partition coefficient (Wildman–Crippen LogP) is 1.89. The lowest BCUT2D eigenvalue weighted by Gasteiger charge is -2.06. The molecule has 1 heterocycles. The van der Waals surface area contributed by atoms with Gasteiger partial charge < -0.3 is 10.5 Å².